The number of sulfone groups is 1. The normalized spacial score (nSPS) is 25.4. The van der Waals surface area contributed by atoms with E-state index < -0.39 is 21.1 Å². The van der Waals surface area contributed by atoms with Gasteiger partial charge in [-0.15, -0.1) is 0 Å². The van der Waals surface area contributed by atoms with Gasteiger partial charge in [-0.05, 0) is 25.8 Å². The summed E-state index contributed by atoms with van der Waals surface area (Å²) in [6.45, 7) is 4.32. The van der Waals surface area contributed by atoms with Crippen LogP contribution in [0.3, 0.4) is 0 Å². The molecule has 0 radical (unpaired) electrons. The molecule has 2 rings (SSSR count). The van der Waals surface area contributed by atoms with Crippen molar-refractivity contribution in [1.29, 1.82) is 0 Å². The number of rotatable bonds is 4. The third-order valence-corrected chi connectivity index (χ3v) is 6.05. The summed E-state index contributed by atoms with van der Waals surface area (Å²) in [6.07, 6.45) is 0.347. The second-order valence-electron chi connectivity index (χ2n) is 5.25. The van der Waals surface area contributed by atoms with Gasteiger partial charge in [-0.2, -0.15) is 0 Å². The molecule has 4 nitrogen and oxygen atoms in total. The molecule has 0 bridgehead atoms. The maximum Gasteiger partial charge on any atom is 0.157 e. The van der Waals surface area contributed by atoms with Crippen molar-refractivity contribution >= 4 is 9.84 Å². The number of ether oxygens (including phenoxy) is 1. The van der Waals surface area contributed by atoms with Gasteiger partial charge in [0.1, 0.15) is 0 Å². The summed E-state index contributed by atoms with van der Waals surface area (Å²) < 4.78 is 30.0. The molecule has 1 aromatic carbocycles. The lowest BCUT2D eigenvalue weighted by atomic mass is 10.1. The van der Waals surface area contributed by atoms with Crippen molar-refractivity contribution in [1.82, 2.24) is 0 Å². The maximum absolute atomic E-state index is 12.3. The highest BCUT2D eigenvalue weighted by Crippen LogP contribution is 2.24. The Balaban J connectivity index is 2.09. The Morgan fingerprint density at radius 2 is 2.00 bits per heavy atom. The van der Waals surface area contributed by atoms with Crippen molar-refractivity contribution in [2.24, 2.45) is 5.73 Å². The molecule has 0 aromatic heterocycles. The van der Waals surface area contributed by atoms with Crippen LogP contribution in [0.15, 0.2) is 24.3 Å². The Hall–Kier alpha value is -0.910. The lowest BCUT2D eigenvalue weighted by Crippen LogP contribution is -2.34. The van der Waals surface area contributed by atoms with Crippen LogP contribution in [0, 0.1) is 6.92 Å². The number of aryl methyl sites for hydroxylation is 1. The summed E-state index contributed by atoms with van der Waals surface area (Å²) >= 11 is 0. The van der Waals surface area contributed by atoms with Crippen molar-refractivity contribution in [3.63, 3.8) is 0 Å². The zero-order valence-corrected chi connectivity index (χ0v) is 12.2. The van der Waals surface area contributed by atoms with E-state index in [9.17, 15) is 8.42 Å². The van der Waals surface area contributed by atoms with Crippen LogP contribution in [-0.4, -0.2) is 32.1 Å². The topological polar surface area (TPSA) is 69.4 Å². The number of benzene rings is 1. The summed E-state index contributed by atoms with van der Waals surface area (Å²) in [5.41, 5.74) is 8.02. The molecule has 1 aliphatic heterocycles. The van der Waals surface area contributed by atoms with Crippen molar-refractivity contribution < 1.29 is 13.2 Å². The molecule has 19 heavy (non-hydrogen) atoms. The van der Waals surface area contributed by atoms with Crippen LogP contribution >= 0.6 is 0 Å². The summed E-state index contributed by atoms with van der Waals surface area (Å²) in [5, 5.41) is -0.413. The predicted molar refractivity (Wildman–Crippen MR) is 75.7 cm³/mol. The van der Waals surface area contributed by atoms with Crippen molar-refractivity contribution in [3.05, 3.63) is 35.4 Å². The Morgan fingerprint density at radius 3 is 2.53 bits per heavy atom. The second kappa shape index (κ2) is 5.61. The van der Waals surface area contributed by atoms with E-state index in [1.54, 1.807) is 0 Å². The molecule has 1 aliphatic rings. The summed E-state index contributed by atoms with van der Waals surface area (Å²) in [6, 6.07) is 7.21. The molecule has 0 spiro atoms. The molecule has 106 valence electrons. The van der Waals surface area contributed by atoms with Crippen LogP contribution in [0.2, 0.25) is 0 Å². The van der Waals surface area contributed by atoms with Crippen LogP contribution < -0.4 is 5.73 Å². The van der Waals surface area contributed by atoms with Crippen molar-refractivity contribution in [2.75, 3.05) is 12.4 Å². The largest absolute Gasteiger partial charge is 0.377 e. The SMILES string of the molecule is Cc1ccc(C(N)CS(=O)(=O)C2CCOC2C)cc1. The highest BCUT2D eigenvalue weighted by atomic mass is 32.2. The summed E-state index contributed by atoms with van der Waals surface area (Å²) in [5.74, 6) is -0.0194. The lowest BCUT2D eigenvalue weighted by molar-refractivity contribution is 0.126. The van der Waals surface area contributed by atoms with E-state index in [1.165, 1.54) is 0 Å². The van der Waals surface area contributed by atoms with Gasteiger partial charge in [0.15, 0.2) is 9.84 Å². The van der Waals surface area contributed by atoms with E-state index in [1.807, 2.05) is 38.1 Å². The first-order valence-electron chi connectivity index (χ1n) is 6.55. The first-order chi connectivity index (χ1) is 8.90. The minimum Gasteiger partial charge on any atom is -0.377 e. The first kappa shape index (κ1) is 14.5. The number of nitrogens with two attached hydrogens (primary N) is 1. The number of hydrogen-bond acceptors (Lipinski definition) is 4. The highest BCUT2D eigenvalue weighted by molar-refractivity contribution is 7.92. The zero-order chi connectivity index (χ0) is 14.0. The van der Waals surface area contributed by atoms with E-state index in [0.29, 0.717) is 13.0 Å². The summed E-state index contributed by atoms with van der Waals surface area (Å²) in [4.78, 5) is 0. The van der Waals surface area contributed by atoms with Gasteiger partial charge in [0.05, 0.1) is 17.1 Å². The van der Waals surface area contributed by atoms with Gasteiger partial charge in [-0.25, -0.2) is 8.42 Å². The number of hydrogen-bond donors (Lipinski definition) is 1. The fourth-order valence-electron chi connectivity index (χ4n) is 2.47. The molecule has 0 saturated carbocycles. The minimum absolute atomic E-state index is 0.0194. The van der Waals surface area contributed by atoms with Crippen LogP contribution in [0.25, 0.3) is 0 Å². The molecule has 1 aromatic rings. The molecule has 5 heteroatoms. The van der Waals surface area contributed by atoms with Gasteiger partial charge in [0.25, 0.3) is 0 Å². The average molecular weight is 283 g/mol. The van der Waals surface area contributed by atoms with Gasteiger partial charge >= 0.3 is 0 Å². The Kier molecular flexibility index (Phi) is 4.28. The van der Waals surface area contributed by atoms with Crippen LogP contribution in [0.5, 0.6) is 0 Å². The van der Waals surface area contributed by atoms with Gasteiger partial charge in [0.2, 0.25) is 0 Å². The highest BCUT2D eigenvalue weighted by Gasteiger charge is 2.36. The molecule has 0 amide bonds. The third-order valence-electron chi connectivity index (χ3n) is 3.69. The monoisotopic (exact) mass is 283 g/mol. The van der Waals surface area contributed by atoms with Gasteiger partial charge < -0.3 is 10.5 Å². The molecule has 3 atom stereocenters. The lowest BCUT2D eigenvalue weighted by Gasteiger charge is -2.18. The molecule has 1 saturated heterocycles. The molecule has 1 heterocycles. The molecular weight excluding hydrogens is 262 g/mol. The Bertz CT molecular complexity index is 524. The zero-order valence-electron chi connectivity index (χ0n) is 11.4. The van der Waals surface area contributed by atoms with E-state index in [2.05, 4.69) is 0 Å². The quantitative estimate of drug-likeness (QED) is 0.911. The second-order valence-corrected chi connectivity index (χ2v) is 7.51. The van der Waals surface area contributed by atoms with Crippen molar-refractivity contribution in [3.8, 4) is 0 Å². The van der Waals surface area contributed by atoms with E-state index in [0.717, 1.165) is 11.1 Å². The van der Waals surface area contributed by atoms with Crippen LogP contribution in [0.1, 0.15) is 30.5 Å². The fraction of sp³-hybridized carbons (Fsp3) is 0.571. The van der Waals surface area contributed by atoms with Gasteiger partial charge in [-0.3, -0.25) is 0 Å². The van der Waals surface area contributed by atoms with Crippen LogP contribution in [0.4, 0.5) is 0 Å². The van der Waals surface area contributed by atoms with Gasteiger partial charge in [-0.1, -0.05) is 29.8 Å². The molecule has 2 N–H and O–H groups in total. The maximum atomic E-state index is 12.3. The average Bonchev–Trinajstić information content (AvgIpc) is 2.76. The van der Waals surface area contributed by atoms with Crippen molar-refractivity contribution in [2.45, 2.75) is 37.7 Å². The minimum atomic E-state index is -3.22. The third kappa shape index (κ3) is 3.35. The van der Waals surface area contributed by atoms with Gasteiger partial charge in [0, 0.05) is 12.6 Å². The van der Waals surface area contributed by atoms with E-state index >= 15 is 0 Å². The predicted octanol–water partition coefficient (Wildman–Crippen LogP) is 1.59. The standard InChI is InChI=1S/C14H21NO3S/c1-10-3-5-12(6-4-10)13(15)9-19(16,17)14-7-8-18-11(14)2/h3-6,11,13-14H,7-9,15H2,1-2H3. The molecule has 3 unspecified atom stereocenters. The fourth-order valence-corrected chi connectivity index (χ4v) is 4.53. The van der Waals surface area contributed by atoms with E-state index in [4.69, 9.17) is 10.5 Å². The molecular formula is C14H21NO3S. The van der Waals surface area contributed by atoms with E-state index in [-0.39, 0.29) is 11.9 Å². The first-order valence-corrected chi connectivity index (χ1v) is 8.27. The smallest absolute Gasteiger partial charge is 0.157 e. The Morgan fingerprint density at radius 1 is 1.37 bits per heavy atom. The van der Waals surface area contributed by atoms with Crippen LogP contribution in [-0.2, 0) is 14.6 Å². The molecule has 0 aliphatic carbocycles. The Labute approximate surface area is 114 Å². The molecule has 1 fully saturated rings. The summed E-state index contributed by atoms with van der Waals surface area (Å²) in [7, 11) is -3.22.